The summed E-state index contributed by atoms with van der Waals surface area (Å²) in [5.74, 6) is 1.30. The van der Waals surface area contributed by atoms with Crippen molar-refractivity contribution < 1.29 is 4.92 Å². The highest BCUT2D eigenvalue weighted by Gasteiger charge is 2.03. The van der Waals surface area contributed by atoms with Gasteiger partial charge in [-0.05, 0) is 24.6 Å². The molecule has 2 rings (SSSR count). The Balaban J connectivity index is 2.03. The van der Waals surface area contributed by atoms with E-state index in [0.29, 0.717) is 5.95 Å². The number of hydrogen-bond donors (Lipinski definition) is 1. The second-order valence-electron chi connectivity index (χ2n) is 3.85. The zero-order valence-electron chi connectivity index (χ0n) is 10.4. The third kappa shape index (κ3) is 2.92. The number of nitrogens with one attached hydrogen (secondary N) is 1. The summed E-state index contributed by atoms with van der Waals surface area (Å²) < 4.78 is 1.76. The number of nitro benzene ring substituents is 1. The van der Waals surface area contributed by atoms with Crippen molar-refractivity contribution in [3.63, 3.8) is 0 Å². The highest BCUT2D eigenvalue weighted by atomic mass is 16.6. The van der Waals surface area contributed by atoms with Gasteiger partial charge in [0.05, 0.1) is 11.1 Å². The average Bonchev–Trinajstić information content (AvgIpc) is 2.71. The maximum Gasteiger partial charge on any atom is 0.269 e. The van der Waals surface area contributed by atoms with Gasteiger partial charge in [-0.2, -0.15) is 5.10 Å². The molecule has 1 aromatic carbocycles. The highest BCUT2D eigenvalue weighted by molar-refractivity contribution is 5.80. The Morgan fingerprint density at radius 3 is 2.58 bits per heavy atom. The Morgan fingerprint density at radius 2 is 2.05 bits per heavy atom. The third-order valence-corrected chi connectivity index (χ3v) is 2.57. The van der Waals surface area contributed by atoms with Crippen LogP contribution in [-0.2, 0) is 7.05 Å². The predicted molar refractivity (Wildman–Crippen MR) is 70.1 cm³/mol. The summed E-state index contributed by atoms with van der Waals surface area (Å²) in [7, 11) is 1.82. The van der Waals surface area contributed by atoms with Gasteiger partial charge < -0.3 is 0 Å². The van der Waals surface area contributed by atoms with Crippen LogP contribution in [0, 0.1) is 17.0 Å². The Kier molecular flexibility index (Phi) is 3.51. The Morgan fingerprint density at radius 1 is 1.37 bits per heavy atom. The maximum atomic E-state index is 10.5. The van der Waals surface area contributed by atoms with Crippen LogP contribution in [-0.4, -0.2) is 25.9 Å². The van der Waals surface area contributed by atoms with Crippen molar-refractivity contribution in [2.45, 2.75) is 6.92 Å². The smallest absolute Gasteiger partial charge is 0.269 e. The number of aryl methyl sites for hydroxylation is 1. The number of aromatic nitrogens is 3. The minimum Gasteiger partial charge on any atom is -0.299 e. The SMILES string of the molecule is Cc1nnc(N/N=C/c2ccc([N+](=O)[O-])cc2)n1C. The minimum absolute atomic E-state index is 0.0500. The molecule has 0 fully saturated rings. The normalized spacial score (nSPS) is 10.8. The standard InChI is InChI=1S/C11H12N6O2/c1-8-13-15-11(16(8)2)14-12-7-9-3-5-10(6-4-9)17(18)19/h3-7H,1-2H3,(H,14,15)/b12-7+. The van der Waals surface area contributed by atoms with Gasteiger partial charge in [0.25, 0.3) is 5.69 Å². The van der Waals surface area contributed by atoms with E-state index in [9.17, 15) is 10.1 Å². The molecule has 8 nitrogen and oxygen atoms in total. The molecule has 0 bridgehead atoms. The molecule has 19 heavy (non-hydrogen) atoms. The Hall–Kier alpha value is -2.77. The second kappa shape index (κ2) is 5.25. The van der Waals surface area contributed by atoms with E-state index in [4.69, 9.17) is 0 Å². The first kappa shape index (κ1) is 12.7. The van der Waals surface area contributed by atoms with E-state index in [1.54, 1.807) is 22.9 Å². The lowest BCUT2D eigenvalue weighted by molar-refractivity contribution is -0.384. The Labute approximate surface area is 108 Å². The summed E-state index contributed by atoms with van der Waals surface area (Å²) in [6.45, 7) is 1.83. The van der Waals surface area contributed by atoms with Crippen molar-refractivity contribution in [1.29, 1.82) is 0 Å². The van der Waals surface area contributed by atoms with Crippen molar-refractivity contribution in [3.8, 4) is 0 Å². The summed E-state index contributed by atoms with van der Waals surface area (Å²) in [6, 6.07) is 6.08. The molecule has 98 valence electrons. The quantitative estimate of drug-likeness (QED) is 0.510. The predicted octanol–water partition coefficient (Wildman–Crippen LogP) is 1.48. The van der Waals surface area contributed by atoms with Crippen molar-refractivity contribution in [2.75, 3.05) is 5.43 Å². The fraction of sp³-hybridized carbons (Fsp3) is 0.182. The molecule has 0 saturated carbocycles. The highest BCUT2D eigenvalue weighted by Crippen LogP contribution is 2.10. The molecule has 1 N–H and O–H groups in total. The maximum absolute atomic E-state index is 10.5. The molecule has 0 unspecified atom stereocenters. The average molecular weight is 260 g/mol. The van der Waals surface area contributed by atoms with E-state index < -0.39 is 4.92 Å². The van der Waals surface area contributed by atoms with Gasteiger partial charge in [0.2, 0.25) is 5.95 Å². The molecular formula is C11H12N6O2. The van der Waals surface area contributed by atoms with Crippen LogP contribution >= 0.6 is 0 Å². The van der Waals surface area contributed by atoms with E-state index in [1.165, 1.54) is 12.1 Å². The van der Waals surface area contributed by atoms with Gasteiger partial charge >= 0.3 is 0 Å². The first-order valence-corrected chi connectivity index (χ1v) is 5.47. The first-order valence-electron chi connectivity index (χ1n) is 5.47. The number of rotatable bonds is 4. The van der Waals surface area contributed by atoms with Crippen LogP contribution in [0.3, 0.4) is 0 Å². The molecular weight excluding hydrogens is 248 g/mol. The topological polar surface area (TPSA) is 98.2 Å². The van der Waals surface area contributed by atoms with Gasteiger partial charge in [-0.3, -0.25) is 14.7 Å². The van der Waals surface area contributed by atoms with Gasteiger partial charge in [0.15, 0.2) is 0 Å². The van der Waals surface area contributed by atoms with E-state index in [-0.39, 0.29) is 5.69 Å². The van der Waals surface area contributed by atoms with Crippen molar-refractivity contribution in [2.24, 2.45) is 12.1 Å². The molecule has 0 aliphatic heterocycles. The van der Waals surface area contributed by atoms with Gasteiger partial charge in [-0.25, -0.2) is 5.43 Å². The minimum atomic E-state index is -0.443. The first-order chi connectivity index (χ1) is 9.08. The summed E-state index contributed by atoms with van der Waals surface area (Å²) in [4.78, 5) is 10.0. The lowest BCUT2D eigenvalue weighted by Crippen LogP contribution is -2.00. The molecule has 0 radical (unpaired) electrons. The van der Waals surface area contributed by atoms with Crippen LogP contribution in [0.2, 0.25) is 0 Å². The molecule has 0 spiro atoms. The molecule has 0 aliphatic carbocycles. The van der Waals surface area contributed by atoms with Crippen molar-refractivity contribution in [1.82, 2.24) is 14.8 Å². The van der Waals surface area contributed by atoms with Crippen LogP contribution in [0.15, 0.2) is 29.4 Å². The number of hydrazone groups is 1. The monoisotopic (exact) mass is 260 g/mol. The molecule has 8 heteroatoms. The lowest BCUT2D eigenvalue weighted by Gasteiger charge is -1.99. The number of nitro groups is 1. The van der Waals surface area contributed by atoms with E-state index in [0.717, 1.165) is 11.4 Å². The summed E-state index contributed by atoms with van der Waals surface area (Å²) >= 11 is 0. The molecule has 0 amide bonds. The van der Waals surface area contributed by atoms with E-state index in [1.807, 2.05) is 14.0 Å². The molecule has 2 aromatic rings. The molecule has 0 atom stereocenters. The summed E-state index contributed by atoms with van der Waals surface area (Å²) in [5, 5.41) is 22.2. The second-order valence-corrected chi connectivity index (χ2v) is 3.85. The summed E-state index contributed by atoms with van der Waals surface area (Å²) in [5.41, 5.74) is 3.54. The lowest BCUT2D eigenvalue weighted by atomic mass is 10.2. The number of anilines is 1. The van der Waals surface area contributed by atoms with Gasteiger partial charge in [-0.1, -0.05) is 0 Å². The molecule has 1 aromatic heterocycles. The third-order valence-electron chi connectivity index (χ3n) is 2.57. The van der Waals surface area contributed by atoms with Crippen LogP contribution in [0.5, 0.6) is 0 Å². The zero-order valence-corrected chi connectivity index (χ0v) is 10.4. The zero-order chi connectivity index (χ0) is 13.8. The van der Waals surface area contributed by atoms with Gasteiger partial charge in [-0.15, -0.1) is 10.2 Å². The van der Waals surface area contributed by atoms with E-state index >= 15 is 0 Å². The van der Waals surface area contributed by atoms with Crippen LogP contribution in [0.1, 0.15) is 11.4 Å². The fourth-order valence-corrected chi connectivity index (χ4v) is 1.35. The molecule has 0 saturated heterocycles. The van der Waals surface area contributed by atoms with Gasteiger partial charge in [0.1, 0.15) is 5.82 Å². The number of nitrogens with zero attached hydrogens (tertiary/aromatic N) is 5. The van der Waals surface area contributed by atoms with Crippen LogP contribution in [0.4, 0.5) is 11.6 Å². The number of hydrogen-bond acceptors (Lipinski definition) is 6. The number of benzene rings is 1. The van der Waals surface area contributed by atoms with Crippen LogP contribution in [0.25, 0.3) is 0 Å². The van der Waals surface area contributed by atoms with Crippen molar-refractivity contribution in [3.05, 3.63) is 45.8 Å². The van der Waals surface area contributed by atoms with E-state index in [2.05, 4.69) is 20.7 Å². The van der Waals surface area contributed by atoms with Crippen molar-refractivity contribution >= 4 is 17.9 Å². The van der Waals surface area contributed by atoms with Crippen LogP contribution < -0.4 is 5.43 Å². The largest absolute Gasteiger partial charge is 0.299 e. The molecule has 1 heterocycles. The summed E-state index contributed by atoms with van der Waals surface area (Å²) in [6.07, 6.45) is 1.55. The fourth-order valence-electron chi connectivity index (χ4n) is 1.35. The van der Waals surface area contributed by atoms with Gasteiger partial charge in [0, 0.05) is 19.2 Å². The molecule has 0 aliphatic rings. The Bertz CT molecular complexity index is 617. The number of non-ortho nitro benzene ring substituents is 1.